The molecule has 182 valence electrons. The summed E-state index contributed by atoms with van der Waals surface area (Å²) in [6, 6.07) is 20.1. The average molecular weight is 499 g/mol. The number of para-hydroxylation sites is 1. The molecule has 1 N–H and O–H groups in total. The summed E-state index contributed by atoms with van der Waals surface area (Å²) in [4.78, 5) is 20.2. The number of hydrogen-bond donors (Lipinski definition) is 1. The van der Waals surface area contributed by atoms with Crippen molar-refractivity contribution in [1.29, 1.82) is 0 Å². The lowest BCUT2D eigenvalue weighted by Crippen LogP contribution is -2.34. The second-order valence-corrected chi connectivity index (χ2v) is 10.1. The molecule has 3 aromatic heterocycles. The van der Waals surface area contributed by atoms with E-state index in [0.29, 0.717) is 19.1 Å². The molecule has 1 unspecified atom stereocenters. The number of ether oxygens (including phenoxy) is 1. The van der Waals surface area contributed by atoms with Gasteiger partial charge in [-0.1, -0.05) is 53.7 Å². The van der Waals surface area contributed by atoms with Gasteiger partial charge in [-0.2, -0.15) is 0 Å². The Balaban J connectivity index is 1.18. The topological polar surface area (TPSA) is 82.2 Å². The quantitative estimate of drug-likeness (QED) is 0.347. The van der Waals surface area contributed by atoms with Crippen molar-refractivity contribution in [3.63, 3.8) is 0 Å². The molecule has 0 saturated carbocycles. The molecule has 6 rings (SSSR count). The maximum absolute atomic E-state index is 13.4. The number of aryl methyl sites for hydroxylation is 1. The van der Waals surface area contributed by atoms with Gasteiger partial charge in [0.1, 0.15) is 10.6 Å². The highest BCUT2D eigenvalue weighted by Crippen LogP contribution is 2.34. The monoisotopic (exact) mass is 498 g/mol. The van der Waals surface area contributed by atoms with E-state index in [-0.39, 0.29) is 5.56 Å². The molecule has 0 bridgehead atoms. The lowest BCUT2D eigenvalue weighted by molar-refractivity contribution is 0.407. The molecular formula is C28H26N4O3S. The molecule has 0 aliphatic heterocycles. The van der Waals surface area contributed by atoms with Crippen LogP contribution in [0.5, 0.6) is 5.75 Å². The summed E-state index contributed by atoms with van der Waals surface area (Å²) in [6.45, 7) is 1.08. The highest BCUT2D eigenvalue weighted by Gasteiger charge is 2.25. The van der Waals surface area contributed by atoms with E-state index < -0.39 is 0 Å². The summed E-state index contributed by atoms with van der Waals surface area (Å²) >= 11 is 1.64. The van der Waals surface area contributed by atoms with Crippen LogP contribution in [-0.4, -0.2) is 27.9 Å². The molecule has 8 heteroatoms. The number of nitrogens with one attached hydrogen (secondary N) is 1. The molecule has 3 heterocycles. The van der Waals surface area contributed by atoms with Crippen LogP contribution in [0, 0.1) is 0 Å². The van der Waals surface area contributed by atoms with E-state index in [2.05, 4.69) is 15.5 Å². The van der Waals surface area contributed by atoms with Gasteiger partial charge in [0.25, 0.3) is 5.56 Å². The Morgan fingerprint density at radius 3 is 2.86 bits per heavy atom. The number of aromatic nitrogens is 3. The van der Waals surface area contributed by atoms with Gasteiger partial charge in [-0.25, -0.2) is 4.98 Å². The molecule has 5 aromatic rings. The Bertz CT molecular complexity index is 1570. The number of methoxy groups -OCH3 is 1. The third-order valence-electron chi connectivity index (χ3n) is 6.76. The van der Waals surface area contributed by atoms with E-state index in [1.165, 1.54) is 4.88 Å². The SMILES string of the molecule is COc1ccccc1Cn1cnc2sc3c(c2c1=O)CCC(NCc1cc(-c2ccccc2)on1)C3. The molecule has 0 saturated heterocycles. The second kappa shape index (κ2) is 9.72. The molecule has 0 amide bonds. The Labute approximate surface area is 212 Å². The first-order chi connectivity index (χ1) is 17.7. The van der Waals surface area contributed by atoms with Crippen LogP contribution in [0.2, 0.25) is 0 Å². The van der Waals surface area contributed by atoms with Crippen molar-refractivity contribution in [3.8, 4) is 17.1 Å². The zero-order valence-corrected chi connectivity index (χ0v) is 20.8. The molecule has 0 fully saturated rings. The summed E-state index contributed by atoms with van der Waals surface area (Å²) in [5.74, 6) is 1.55. The number of thiophene rings is 1. The number of nitrogens with zero attached hydrogens (tertiary/aromatic N) is 3. The maximum Gasteiger partial charge on any atom is 0.262 e. The van der Waals surface area contributed by atoms with Crippen molar-refractivity contribution in [2.24, 2.45) is 0 Å². The van der Waals surface area contributed by atoms with E-state index in [1.54, 1.807) is 29.3 Å². The first kappa shape index (κ1) is 22.7. The summed E-state index contributed by atoms with van der Waals surface area (Å²) in [7, 11) is 1.65. The first-order valence-electron chi connectivity index (χ1n) is 12.1. The van der Waals surface area contributed by atoms with E-state index in [4.69, 9.17) is 9.26 Å². The lowest BCUT2D eigenvalue weighted by Gasteiger charge is -2.23. The van der Waals surface area contributed by atoms with E-state index in [1.807, 2.05) is 60.7 Å². The summed E-state index contributed by atoms with van der Waals surface area (Å²) in [6.07, 6.45) is 4.36. The van der Waals surface area contributed by atoms with Gasteiger partial charge in [0, 0.05) is 34.7 Å². The Morgan fingerprint density at radius 1 is 1.17 bits per heavy atom. The van der Waals surface area contributed by atoms with Crippen LogP contribution in [0.25, 0.3) is 21.5 Å². The molecule has 7 nitrogen and oxygen atoms in total. The van der Waals surface area contributed by atoms with Crippen LogP contribution in [-0.2, 0) is 25.9 Å². The maximum atomic E-state index is 13.4. The van der Waals surface area contributed by atoms with Crippen molar-refractivity contribution < 1.29 is 9.26 Å². The van der Waals surface area contributed by atoms with Crippen molar-refractivity contribution in [1.82, 2.24) is 20.0 Å². The largest absolute Gasteiger partial charge is 0.496 e. The average Bonchev–Trinajstić information content (AvgIpc) is 3.54. The third kappa shape index (κ3) is 4.34. The van der Waals surface area contributed by atoms with Crippen LogP contribution in [0.4, 0.5) is 0 Å². The highest BCUT2D eigenvalue weighted by atomic mass is 32.1. The van der Waals surface area contributed by atoms with Gasteiger partial charge in [0.05, 0.1) is 31.1 Å². The summed E-state index contributed by atoms with van der Waals surface area (Å²) in [5, 5.41) is 8.62. The standard InChI is InChI=1S/C28H26N4O3S/c1-34-23-10-6-5-9-19(23)16-32-17-30-27-26(28(32)33)22-12-11-20(14-25(22)36-27)29-15-21-13-24(35-31-21)18-7-3-2-4-8-18/h2-10,13,17,20,29H,11-12,14-16H2,1H3. The van der Waals surface area contributed by atoms with Crippen molar-refractivity contribution in [2.75, 3.05) is 7.11 Å². The predicted molar refractivity (Wildman–Crippen MR) is 141 cm³/mol. The molecule has 36 heavy (non-hydrogen) atoms. The Morgan fingerprint density at radius 2 is 2.00 bits per heavy atom. The van der Waals surface area contributed by atoms with Crippen molar-refractivity contribution in [2.45, 2.75) is 38.4 Å². The summed E-state index contributed by atoms with van der Waals surface area (Å²) < 4.78 is 12.7. The molecule has 0 spiro atoms. The van der Waals surface area contributed by atoms with Gasteiger partial charge >= 0.3 is 0 Å². The fourth-order valence-corrected chi connectivity index (χ4v) is 6.15. The highest BCUT2D eigenvalue weighted by molar-refractivity contribution is 7.18. The minimum Gasteiger partial charge on any atom is -0.496 e. The van der Waals surface area contributed by atoms with Gasteiger partial charge in [-0.15, -0.1) is 11.3 Å². The van der Waals surface area contributed by atoms with E-state index >= 15 is 0 Å². The van der Waals surface area contributed by atoms with E-state index in [0.717, 1.165) is 63.4 Å². The summed E-state index contributed by atoms with van der Waals surface area (Å²) in [5.41, 5.74) is 4.04. The normalized spacial score (nSPS) is 15.2. The molecule has 1 atom stereocenters. The van der Waals surface area contributed by atoms with Crippen molar-refractivity contribution >= 4 is 21.6 Å². The van der Waals surface area contributed by atoms with Crippen LogP contribution in [0.15, 0.2) is 76.3 Å². The Kier molecular flexibility index (Phi) is 6.13. The van der Waals surface area contributed by atoms with Crippen LogP contribution >= 0.6 is 11.3 Å². The van der Waals surface area contributed by atoms with Gasteiger partial charge < -0.3 is 14.6 Å². The van der Waals surface area contributed by atoms with Gasteiger partial charge in [0.15, 0.2) is 5.76 Å². The van der Waals surface area contributed by atoms with Crippen LogP contribution in [0.1, 0.15) is 28.1 Å². The van der Waals surface area contributed by atoms with E-state index in [9.17, 15) is 4.79 Å². The number of fused-ring (bicyclic) bond motifs is 3. The smallest absolute Gasteiger partial charge is 0.262 e. The minimum atomic E-state index is 0.0193. The van der Waals surface area contributed by atoms with Gasteiger partial charge in [0.2, 0.25) is 0 Å². The predicted octanol–water partition coefficient (Wildman–Crippen LogP) is 4.82. The number of benzene rings is 2. The molecule has 1 aliphatic rings. The van der Waals surface area contributed by atoms with Crippen molar-refractivity contribution in [3.05, 3.63) is 99.0 Å². The zero-order valence-electron chi connectivity index (χ0n) is 19.9. The molecule has 0 radical (unpaired) electrons. The number of hydrogen-bond acceptors (Lipinski definition) is 7. The lowest BCUT2D eigenvalue weighted by atomic mass is 9.93. The van der Waals surface area contributed by atoms with Gasteiger partial charge in [-0.05, 0) is 30.9 Å². The molecule has 1 aliphatic carbocycles. The number of rotatable bonds is 7. The minimum absolute atomic E-state index is 0.0193. The zero-order chi connectivity index (χ0) is 24.5. The third-order valence-corrected chi connectivity index (χ3v) is 7.92. The molecular weight excluding hydrogens is 472 g/mol. The molecule has 2 aromatic carbocycles. The fraction of sp³-hybridized carbons (Fsp3) is 0.250. The van der Waals surface area contributed by atoms with Crippen LogP contribution in [0.3, 0.4) is 0 Å². The van der Waals surface area contributed by atoms with Crippen LogP contribution < -0.4 is 15.6 Å². The first-order valence-corrected chi connectivity index (χ1v) is 12.9. The van der Waals surface area contributed by atoms with Gasteiger partial charge in [-0.3, -0.25) is 9.36 Å². The second-order valence-electron chi connectivity index (χ2n) is 9.04. The Hall–Kier alpha value is -3.75. The fourth-order valence-electron chi connectivity index (χ4n) is 4.89.